The Bertz CT molecular complexity index is 511. The van der Waals surface area contributed by atoms with Gasteiger partial charge < -0.3 is 15.2 Å². The van der Waals surface area contributed by atoms with Crippen molar-refractivity contribution < 1.29 is 9.47 Å². The molecule has 2 N–H and O–H groups in total. The Labute approximate surface area is 126 Å². The van der Waals surface area contributed by atoms with E-state index in [-0.39, 0.29) is 6.10 Å². The minimum atomic E-state index is -0.0426. The van der Waals surface area contributed by atoms with Crippen LogP contribution in [0, 0.1) is 0 Å². The molecule has 2 rings (SSSR count). The number of rotatable bonds is 8. The van der Waals surface area contributed by atoms with Gasteiger partial charge in [-0.3, -0.25) is 0 Å². The second kappa shape index (κ2) is 8.45. The molecule has 3 nitrogen and oxygen atoms in total. The lowest BCUT2D eigenvalue weighted by molar-refractivity contribution is 0.0337. The quantitative estimate of drug-likeness (QED) is 0.811. The summed E-state index contributed by atoms with van der Waals surface area (Å²) < 4.78 is 11.2. The number of ether oxygens (including phenoxy) is 2. The molecule has 1 unspecified atom stereocenters. The average molecular weight is 285 g/mol. The molecule has 2 aromatic rings. The molecule has 0 bridgehead atoms. The largest absolute Gasteiger partial charge is 0.491 e. The van der Waals surface area contributed by atoms with Gasteiger partial charge in [-0.2, -0.15) is 0 Å². The van der Waals surface area contributed by atoms with Crippen LogP contribution < -0.4 is 10.5 Å². The Kier molecular flexibility index (Phi) is 6.25. The monoisotopic (exact) mass is 285 g/mol. The lowest BCUT2D eigenvalue weighted by Crippen LogP contribution is -2.30. The zero-order valence-electron chi connectivity index (χ0n) is 12.5. The second-order valence-corrected chi connectivity index (χ2v) is 4.93. The van der Waals surface area contributed by atoms with Crippen molar-refractivity contribution in [1.82, 2.24) is 0 Å². The van der Waals surface area contributed by atoms with Crippen LogP contribution in [-0.2, 0) is 11.2 Å². The van der Waals surface area contributed by atoms with Gasteiger partial charge in [-0.1, -0.05) is 42.5 Å². The van der Waals surface area contributed by atoms with Gasteiger partial charge in [-0.25, -0.2) is 0 Å². The first-order valence-electron chi connectivity index (χ1n) is 7.39. The van der Waals surface area contributed by atoms with Gasteiger partial charge in [0.15, 0.2) is 0 Å². The topological polar surface area (TPSA) is 44.5 Å². The Morgan fingerprint density at radius 1 is 0.952 bits per heavy atom. The lowest BCUT2D eigenvalue weighted by Gasteiger charge is -2.15. The Morgan fingerprint density at radius 3 is 2.24 bits per heavy atom. The zero-order chi connectivity index (χ0) is 14.9. The van der Waals surface area contributed by atoms with Crippen molar-refractivity contribution in [3.63, 3.8) is 0 Å². The molecule has 3 heteroatoms. The van der Waals surface area contributed by atoms with Gasteiger partial charge in [-0.15, -0.1) is 0 Å². The molecule has 0 aliphatic carbocycles. The highest BCUT2D eigenvalue weighted by molar-refractivity contribution is 5.31. The van der Waals surface area contributed by atoms with Crippen LogP contribution in [0.1, 0.15) is 18.1 Å². The summed E-state index contributed by atoms with van der Waals surface area (Å²) in [5.41, 5.74) is 8.21. The van der Waals surface area contributed by atoms with E-state index in [0.29, 0.717) is 19.8 Å². The summed E-state index contributed by atoms with van der Waals surface area (Å²) in [5.74, 6) is 0.852. The first-order valence-corrected chi connectivity index (χ1v) is 7.39. The van der Waals surface area contributed by atoms with Crippen LogP contribution in [0.25, 0.3) is 0 Å². The van der Waals surface area contributed by atoms with Crippen LogP contribution >= 0.6 is 0 Å². The molecule has 0 radical (unpaired) electrons. The fourth-order valence-electron chi connectivity index (χ4n) is 2.14. The van der Waals surface area contributed by atoms with E-state index in [1.54, 1.807) is 0 Å². The van der Waals surface area contributed by atoms with Crippen molar-refractivity contribution in [1.29, 1.82) is 0 Å². The summed E-state index contributed by atoms with van der Waals surface area (Å²) in [7, 11) is 0. The summed E-state index contributed by atoms with van der Waals surface area (Å²) in [6.07, 6.45) is 0.893. The Balaban J connectivity index is 1.87. The normalized spacial score (nSPS) is 12.1. The van der Waals surface area contributed by atoms with Crippen LogP contribution in [0.15, 0.2) is 54.6 Å². The molecule has 0 saturated carbocycles. The van der Waals surface area contributed by atoms with E-state index in [1.807, 2.05) is 25.1 Å². The number of nitrogens with two attached hydrogens (primary N) is 1. The molecular formula is C18H23NO2. The fourth-order valence-corrected chi connectivity index (χ4v) is 2.14. The van der Waals surface area contributed by atoms with Crippen molar-refractivity contribution in [3.8, 4) is 5.75 Å². The van der Waals surface area contributed by atoms with Crippen LogP contribution in [0.2, 0.25) is 0 Å². The summed E-state index contributed by atoms with van der Waals surface area (Å²) in [6, 6.07) is 18.6. The van der Waals surface area contributed by atoms with Gasteiger partial charge in [0.2, 0.25) is 0 Å². The maximum absolute atomic E-state index is 5.71. The van der Waals surface area contributed by atoms with Gasteiger partial charge >= 0.3 is 0 Å². The van der Waals surface area contributed by atoms with Crippen LogP contribution in [0.4, 0.5) is 0 Å². The molecule has 112 valence electrons. The summed E-state index contributed by atoms with van der Waals surface area (Å²) >= 11 is 0. The van der Waals surface area contributed by atoms with E-state index in [4.69, 9.17) is 15.2 Å². The Hall–Kier alpha value is -1.84. The number of hydrogen-bond donors (Lipinski definition) is 1. The van der Waals surface area contributed by atoms with E-state index in [9.17, 15) is 0 Å². The molecule has 0 aliphatic heterocycles. The predicted molar refractivity (Wildman–Crippen MR) is 85.7 cm³/mol. The number of hydrogen-bond acceptors (Lipinski definition) is 3. The molecule has 0 aromatic heterocycles. The zero-order valence-corrected chi connectivity index (χ0v) is 12.5. The summed E-state index contributed by atoms with van der Waals surface area (Å²) in [6.45, 7) is 3.57. The van der Waals surface area contributed by atoms with Crippen LogP contribution in [-0.4, -0.2) is 25.9 Å². The van der Waals surface area contributed by atoms with Gasteiger partial charge in [0.25, 0.3) is 0 Å². The smallest absolute Gasteiger partial charge is 0.119 e. The van der Waals surface area contributed by atoms with Crippen LogP contribution in [0.3, 0.4) is 0 Å². The molecule has 2 aromatic carbocycles. The highest BCUT2D eigenvalue weighted by Crippen LogP contribution is 2.15. The third-order valence-corrected chi connectivity index (χ3v) is 3.28. The van der Waals surface area contributed by atoms with Crippen molar-refractivity contribution in [2.45, 2.75) is 19.4 Å². The molecular weight excluding hydrogens is 262 g/mol. The molecule has 0 saturated heterocycles. The lowest BCUT2D eigenvalue weighted by atomic mass is 10.1. The molecule has 21 heavy (non-hydrogen) atoms. The molecule has 0 spiro atoms. The van der Waals surface area contributed by atoms with E-state index in [0.717, 1.165) is 12.2 Å². The second-order valence-electron chi connectivity index (χ2n) is 4.93. The highest BCUT2D eigenvalue weighted by atomic mass is 16.5. The molecule has 0 fully saturated rings. The number of benzene rings is 2. The van der Waals surface area contributed by atoms with E-state index in [1.165, 1.54) is 11.1 Å². The summed E-state index contributed by atoms with van der Waals surface area (Å²) in [4.78, 5) is 0. The minimum Gasteiger partial charge on any atom is -0.491 e. The fraction of sp³-hybridized carbons (Fsp3) is 0.333. The van der Waals surface area contributed by atoms with Crippen molar-refractivity contribution >= 4 is 0 Å². The molecule has 1 atom stereocenters. The standard InChI is InChI=1S/C18H23NO2/c1-2-20-18(13-19)14-21-17-10-8-16(9-11-17)12-15-6-4-3-5-7-15/h3-11,18H,2,12-14,19H2,1H3. The molecule has 0 aliphatic rings. The van der Waals surface area contributed by atoms with Crippen molar-refractivity contribution in [2.75, 3.05) is 19.8 Å². The minimum absolute atomic E-state index is 0.0426. The Morgan fingerprint density at radius 2 is 1.62 bits per heavy atom. The maximum atomic E-state index is 5.71. The predicted octanol–water partition coefficient (Wildman–Crippen LogP) is 3.02. The first kappa shape index (κ1) is 15.5. The van der Waals surface area contributed by atoms with E-state index in [2.05, 4.69) is 36.4 Å². The maximum Gasteiger partial charge on any atom is 0.119 e. The van der Waals surface area contributed by atoms with E-state index >= 15 is 0 Å². The van der Waals surface area contributed by atoms with Gasteiger partial charge in [0.1, 0.15) is 18.5 Å². The van der Waals surface area contributed by atoms with Crippen LogP contribution in [0.5, 0.6) is 5.75 Å². The third kappa shape index (κ3) is 5.21. The first-order chi connectivity index (χ1) is 10.3. The van der Waals surface area contributed by atoms with Gasteiger partial charge in [-0.05, 0) is 36.6 Å². The van der Waals surface area contributed by atoms with Gasteiger partial charge in [0.05, 0.1) is 0 Å². The average Bonchev–Trinajstić information content (AvgIpc) is 2.54. The third-order valence-electron chi connectivity index (χ3n) is 3.28. The SMILES string of the molecule is CCOC(CN)COc1ccc(Cc2ccccc2)cc1. The molecule has 0 amide bonds. The van der Waals surface area contributed by atoms with E-state index < -0.39 is 0 Å². The highest BCUT2D eigenvalue weighted by Gasteiger charge is 2.06. The summed E-state index contributed by atoms with van der Waals surface area (Å²) in [5, 5.41) is 0. The van der Waals surface area contributed by atoms with Gasteiger partial charge in [0, 0.05) is 13.2 Å². The molecule has 0 heterocycles. The van der Waals surface area contributed by atoms with Crippen molar-refractivity contribution in [2.24, 2.45) is 5.73 Å². The van der Waals surface area contributed by atoms with Crippen molar-refractivity contribution in [3.05, 3.63) is 65.7 Å².